The van der Waals surface area contributed by atoms with Gasteiger partial charge in [-0.2, -0.15) is 0 Å². The molecule has 1 heterocycles. The molecule has 0 aliphatic heterocycles. The van der Waals surface area contributed by atoms with E-state index in [9.17, 15) is 9.18 Å². The molecule has 0 saturated heterocycles. The van der Waals surface area contributed by atoms with Crippen molar-refractivity contribution in [1.29, 1.82) is 0 Å². The topological polar surface area (TPSA) is 71.7 Å². The van der Waals surface area contributed by atoms with Crippen LogP contribution in [0, 0.1) is 5.82 Å². The minimum Gasteiger partial charge on any atom is -0.496 e. The summed E-state index contributed by atoms with van der Waals surface area (Å²) in [5, 5.41) is 11.7. The van der Waals surface area contributed by atoms with Gasteiger partial charge in [-0.3, -0.25) is 4.79 Å². The Morgan fingerprint density at radius 3 is 2.68 bits per heavy atom. The Balaban J connectivity index is 1.86. The number of amides is 1. The Labute approximate surface area is 143 Å². The Morgan fingerprint density at radius 2 is 2.00 bits per heavy atom. The summed E-state index contributed by atoms with van der Waals surface area (Å²) in [5.74, 6) is 0.316. The summed E-state index contributed by atoms with van der Waals surface area (Å²) in [6.07, 6.45) is 0. The van der Waals surface area contributed by atoms with E-state index in [4.69, 9.17) is 14.3 Å². The number of methoxy groups -OCH3 is 1. The molecule has 0 aliphatic rings. The molecular formula is C19H16FNO4. The smallest absolute Gasteiger partial charge is 0.258 e. The summed E-state index contributed by atoms with van der Waals surface area (Å²) in [4.78, 5) is 12.2. The van der Waals surface area contributed by atoms with Gasteiger partial charge < -0.3 is 19.6 Å². The molecular weight excluding hydrogens is 325 g/mol. The van der Waals surface area contributed by atoms with Crippen molar-refractivity contribution in [2.75, 3.05) is 12.4 Å². The number of furan rings is 1. The monoisotopic (exact) mass is 341 g/mol. The molecule has 0 bridgehead atoms. The molecule has 2 aromatic carbocycles. The highest BCUT2D eigenvalue weighted by Gasteiger charge is 2.14. The maximum atomic E-state index is 13.7. The molecule has 6 heteroatoms. The van der Waals surface area contributed by atoms with E-state index in [0.29, 0.717) is 28.5 Å². The average molecular weight is 341 g/mol. The van der Waals surface area contributed by atoms with Crippen molar-refractivity contribution in [1.82, 2.24) is 0 Å². The van der Waals surface area contributed by atoms with Gasteiger partial charge in [0.15, 0.2) is 0 Å². The quantitative estimate of drug-likeness (QED) is 0.740. The third kappa shape index (κ3) is 3.54. The summed E-state index contributed by atoms with van der Waals surface area (Å²) < 4.78 is 24.5. The molecule has 0 aliphatic carbocycles. The number of hydrogen-bond donors (Lipinski definition) is 2. The van der Waals surface area contributed by atoms with E-state index in [1.165, 1.54) is 25.3 Å². The number of carbonyl (C=O) groups is 1. The summed E-state index contributed by atoms with van der Waals surface area (Å²) in [7, 11) is 1.50. The molecule has 3 aromatic rings. The molecule has 2 N–H and O–H groups in total. The zero-order chi connectivity index (χ0) is 17.8. The first-order valence-electron chi connectivity index (χ1n) is 7.56. The Bertz CT molecular complexity index is 904. The number of aliphatic hydroxyl groups excluding tert-OH is 1. The highest BCUT2D eigenvalue weighted by Crippen LogP contribution is 2.33. The van der Waals surface area contributed by atoms with E-state index in [1.54, 1.807) is 36.4 Å². The van der Waals surface area contributed by atoms with Gasteiger partial charge in [0.2, 0.25) is 0 Å². The maximum Gasteiger partial charge on any atom is 0.258 e. The van der Waals surface area contributed by atoms with Gasteiger partial charge in [-0.25, -0.2) is 4.39 Å². The van der Waals surface area contributed by atoms with Crippen LogP contribution in [-0.2, 0) is 6.61 Å². The minimum atomic E-state index is -0.587. The van der Waals surface area contributed by atoms with E-state index in [-0.39, 0.29) is 12.2 Å². The van der Waals surface area contributed by atoms with Crippen molar-refractivity contribution < 1.29 is 23.4 Å². The fraction of sp³-hybridized carbons (Fsp3) is 0.105. The van der Waals surface area contributed by atoms with Crippen LogP contribution >= 0.6 is 0 Å². The van der Waals surface area contributed by atoms with E-state index >= 15 is 0 Å². The number of aliphatic hydroxyl groups is 1. The largest absolute Gasteiger partial charge is 0.496 e. The molecule has 0 radical (unpaired) electrons. The number of anilines is 1. The third-order valence-corrected chi connectivity index (χ3v) is 3.66. The molecule has 0 unspecified atom stereocenters. The maximum absolute atomic E-state index is 13.7. The number of halogens is 1. The highest BCUT2D eigenvalue weighted by molar-refractivity contribution is 6.04. The van der Waals surface area contributed by atoms with Gasteiger partial charge in [0.1, 0.15) is 29.7 Å². The zero-order valence-electron chi connectivity index (χ0n) is 13.5. The summed E-state index contributed by atoms with van der Waals surface area (Å²) in [6.45, 7) is -0.195. The lowest BCUT2D eigenvalue weighted by atomic mass is 10.1. The number of nitrogens with one attached hydrogen (secondary N) is 1. The Kier molecular flexibility index (Phi) is 4.81. The number of ether oxygens (including phenoxy) is 1. The normalized spacial score (nSPS) is 10.5. The van der Waals surface area contributed by atoms with Crippen molar-refractivity contribution in [3.05, 3.63) is 71.7 Å². The van der Waals surface area contributed by atoms with Gasteiger partial charge in [0, 0.05) is 11.8 Å². The Morgan fingerprint density at radius 1 is 1.20 bits per heavy atom. The summed E-state index contributed by atoms with van der Waals surface area (Å²) in [6, 6.07) is 14.2. The predicted molar refractivity (Wildman–Crippen MR) is 91.0 cm³/mol. The second-order valence-electron chi connectivity index (χ2n) is 5.27. The third-order valence-electron chi connectivity index (χ3n) is 3.66. The van der Waals surface area contributed by atoms with Crippen molar-refractivity contribution in [2.24, 2.45) is 0 Å². The Hall–Kier alpha value is -3.12. The number of benzene rings is 2. The molecule has 0 atom stereocenters. The number of carbonyl (C=O) groups excluding carboxylic acids is 1. The number of rotatable bonds is 5. The van der Waals surface area contributed by atoms with Crippen LogP contribution < -0.4 is 10.1 Å². The van der Waals surface area contributed by atoms with Crippen molar-refractivity contribution in [3.63, 3.8) is 0 Å². The van der Waals surface area contributed by atoms with Crippen LogP contribution in [0.15, 0.2) is 59.0 Å². The van der Waals surface area contributed by atoms with Gasteiger partial charge in [0.25, 0.3) is 5.91 Å². The molecule has 0 spiro atoms. The average Bonchev–Trinajstić information content (AvgIpc) is 3.11. The summed E-state index contributed by atoms with van der Waals surface area (Å²) >= 11 is 0. The first-order chi connectivity index (χ1) is 12.1. The molecule has 3 rings (SSSR count). The molecule has 25 heavy (non-hydrogen) atoms. The minimum absolute atomic E-state index is 0.0378. The molecule has 0 saturated carbocycles. The second-order valence-corrected chi connectivity index (χ2v) is 5.27. The predicted octanol–water partition coefficient (Wildman–Crippen LogP) is 3.84. The van der Waals surface area contributed by atoms with Gasteiger partial charge in [-0.1, -0.05) is 12.1 Å². The van der Waals surface area contributed by atoms with Gasteiger partial charge in [-0.05, 0) is 36.4 Å². The fourth-order valence-electron chi connectivity index (χ4n) is 2.42. The van der Waals surface area contributed by atoms with Crippen LogP contribution in [0.4, 0.5) is 10.1 Å². The van der Waals surface area contributed by atoms with Crippen LogP contribution in [0.2, 0.25) is 0 Å². The van der Waals surface area contributed by atoms with Crippen molar-refractivity contribution >= 4 is 11.6 Å². The highest BCUT2D eigenvalue weighted by atomic mass is 19.1. The molecule has 128 valence electrons. The first-order valence-corrected chi connectivity index (χ1v) is 7.56. The van der Waals surface area contributed by atoms with Gasteiger partial charge >= 0.3 is 0 Å². The molecule has 1 aromatic heterocycles. The lowest BCUT2D eigenvalue weighted by Crippen LogP contribution is -2.13. The molecule has 0 fully saturated rings. The fourth-order valence-corrected chi connectivity index (χ4v) is 2.42. The van der Waals surface area contributed by atoms with E-state index in [1.807, 2.05) is 0 Å². The van der Waals surface area contributed by atoms with Crippen LogP contribution in [0.5, 0.6) is 5.75 Å². The lowest BCUT2D eigenvalue weighted by Gasteiger charge is -2.11. The summed E-state index contributed by atoms with van der Waals surface area (Å²) in [5.41, 5.74) is 1.10. The van der Waals surface area contributed by atoms with E-state index in [2.05, 4.69) is 5.32 Å². The van der Waals surface area contributed by atoms with Crippen LogP contribution in [0.25, 0.3) is 11.3 Å². The van der Waals surface area contributed by atoms with Crippen molar-refractivity contribution in [2.45, 2.75) is 6.61 Å². The van der Waals surface area contributed by atoms with Gasteiger partial charge in [-0.15, -0.1) is 0 Å². The number of hydrogen-bond acceptors (Lipinski definition) is 4. The SMILES string of the molecule is COc1cc(NC(=O)c2ccccc2F)ccc1-c1ccc(CO)o1. The van der Waals surface area contributed by atoms with Crippen LogP contribution in [0.1, 0.15) is 16.1 Å². The standard InChI is InChI=1S/C19H16FNO4/c1-24-18-10-12(21-19(23)14-4-2-3-5-16(14)20)6-8-15(18)17-9-7-13(11-22)25-17/h2-10,22H,11H2,1H3,(H,21,23). The van der Waals surface area contributed by atoms with Crippen LogP contribution in [-0.4, -0.2) is 18.1 Å². The zero-order valence-corrected chi connectivity index (χ0v) is 13.5. The van der Waals surface area contributed by atoms with E-state index < -0.39 is 11.7 Å². The lowest BCUT2D eigenvalue weighted by molar-refractivity contribution is 0.102. The molecule has 1 amide bonds. The van der Waals surface area contributed by atoms with E-state index in [0.717, 1.165) is 0 Å². The van der Waals surface area contributed by atoms with Gasteiger partial charge in [0.05, 0.1) is 18.2 Å². The first kappa shape index (κ1) is 16.7. The van der Waals surface area contributed by atoms with Crippen LogP contribution in [0.3, 0.4) is 0 Å². The van der Waals surface area contributed by atoms with Crippen molar-refractivity contribution in [3.8, 4) is 17.1 Å². The molecule has 5 nitrogen and oxygen atoms in total. The second kappa shape index (κ2) is 7.19.